The molecule has 0 spiro atoms. The molecular weight excluding hydrogens is 284 g/mol. The maximum atomic E-state index is 11.7. The second-order valence-corrected chi connectivity index (χ2v) is 6.69. The van der Waals surface area contributed by atoms with E-state index in [0.29, 0.717) is 38.1 Å². The molecule has 0 aromatic rings. The SMILES string of the molecule is CCOC(=O)CCNC1CCCC1CNC(=O)OC(C)(C)C. The molecule has 22 heavy (non-hydrogen) atoms. The third kappa shape index (κ3) is 7.64. The van der Waals surface area contributed by atoms with Crippen molar-refractivity contribution in [2.24, 2.45) is 5.92 Å². The van der Waals surface area contributed by atoms with E-state index in [1.807, 2.05) is 20.8 Å². The van der Waals surface area contributed by atoms with Crippen molar-refractivity contribution in [1.29, 1.82) is 0 Å². The first-order valence-electron chi connectivity index (χ1n) is 8.17. The summed E-state index contributed by atoms with van der Waals surface area (Å²) in [6, 6.07) is 0.337. The smallest absolute Gasteiger partial charge is 0.407 e. The fraction of sp³-hybridized carbons (Fsp3) is 0.875. The lowest BCUT2D eigenvalue weighted by Gasteiger charge is -2.23. The third-order valence-corrected chi connectivity index (χ3v) is 3.61. The summed E-state index contributed by atoms with van der Waals surface area (Å²) < 4.78 is 10.1. The van der Waals surface area contributed by atoms with Crippen LogP contribution in [0.15, 0.2) is 0 Å². The van der Waals surface area contributed by atoms with Crippen molar-refractivity contribution in [1.82, 2.24) is 10.6 Å². The monoisotopic (exact) mass is 314 g/mol. The van der Waals surface area contributed by atoms with Gasteiger partial charge in [-0.15, -0.1) is 0 Å². The van der Waals surface area contributed by atoms with E-state index in [2.05, 4.69) is 10.6 Å². The molecular formula is C16H30N2O4. The lowest BCUT2D eigenvalue weighted by atomic mass is 10.0. The highest BCUT2D eigenvalue weighted by Gasteiger charge is 2.27. The highest BCUT2D eigenvalue weighted by Crippen LogP contribution is 2.25. The molecule has 2 N–H and O–H groups in total. The zero-order chi connectivity index (χ0) is 16.6. The Kier molecular flexibility index (Phi) is 7.65. The van der Waals surface area contributed by atoms with Gasteiger partial charge in [0.1, 0.15) is 5.60 Å². The zero-order valence-electron chi connectivity index (χ0n) is 14.2. The van der Waals surface area contributed by atoms with Gasteiger partial charge < -0.3 is 20.1 Å². The molecule has 0 saturated heterocycles. The number of hydrogen-bond donors (Lipinski definition) is 2. The number of hydrogen-bond acceptors (Lipinski definition) is 5. The van der Waals surface area contributed by atoms with Crippen LogP contribution in [0.1, 0.15) is 53.4 Å². The Morgan fingerprint density at radius 3 is 2.59 bits per heavy atom. The molecule has 1 fully saturated rings. The van der Waals surface area contributed by atoms with Crippen molar-refractivity contribution in [3.63, 3.8) is 0 Å². The van der Waals surface area contributed by atoms with Crippen molar-refractivity contribution in [3.05, 3.63) is 0 Å². The second-order valence-electron chi connectivity index (χ2n) is 6.69. The van der Waals surface area contributed by atoms with Crippen molar-refractivity contribution < 1.29 is 19.1 Å². The van der Waals surface area contributed by atoms with Crippen LogP contribution in [-0.2, 0) is 14.3 Å². The Hall–Kier alpha value is -1.30. The van der Waals surface area contributed by atoms with E-state index in [9.17, 15) is 9.59 Å². The van der Waals surface area contributed by atoms with Crippen LogP contribution in [-0.4, -0.2) is 43.4 Å². The van der Waals surface area contributed by atoms with Gasteiger partial charge in [0, 0.05) is 19.1 Å². The summed E-state index contributed by atoms with van der Waals surface area (Å²) in [4.78, 5) is 23.0. The molecule has 0 aromatic carbocycles. The molecule has 2 unspecified atom stereocenters. The van der Waals surface area contributed by atoms with Crippen molar-refractivity contribution in [2.75, 3.05) is 19.7 Å². The molecule has 6 nitrogen and oxygen atoms in total. The maximum Gasteiger partial charge on any atom is 0.407 e. The number of ether oxygens (including phenoxy) is 2. The summed E-state index contributed by atoms with van der Waals surface area (Å²) in [7, 11) is 0. The first-order valence-corrected chi connectivity index (χ1v) is 8.17. The largest absolute Gasteiger partial charge is 0.466 e. The van der Waals surface area contributed by atoms with Gasteiger partial charge in [0.2, 0.25) is 0 Å². The summed E-state index contributed by atoms with van der Waals surface area (Å²) in [6.45, 7) is 9.00. The van der Waals surface area contributed by atoms with Crippen molar-refractivity contribution in [3.8, 4) is 0 Å². The van der Waals surface area contributed by atoms with E-state index in [1.165, 1.54) is 0 Å². The topological polar surface area (TPSA) is 76.7 Å². The number of carbonyl (C=O) groups excluding carboxylic acids is 2. The molecule has 2 atom stereocenters. The fourth-order valence-corrected chi connectivity index (χ4v) is 2.67. The van der Waals surface area contributed by atoms with Crippen LogP contribution >= 0.6 is 0 Å². The van der Waals surface area contributed by atoms with Crippen molar-refractivity contribution >= 4 is 12.1 Å². The Bertz CT molecular complexity index is 366. The van der Waals surface area contributed by atoms with E-state index in [4.69, 9.17) is 9.47 Å². The lowest BCUT2D eigenvalue weighted by molar-refractivity contribution is -0.143. The molecule has 1 aliphatic rings. The minimum atomic E-state index is -0.475. The van der Waals surface area contributed by atoms with Gasteiger partial charge in [0.25, 0.3) is 0 Å². The Labute approximate surface area is 133 Å². The molecule has 0 aromatic heterocycles. The first kappa shape index (κ1) is 18.7. The average Bonchev–Trinajstić information content (AvgIpc) is 2.82. The van der Waals surface area contributed by atoms with Gasteiger partial charge in [-0.2, -0.15) is 0 Å². The predicted molar refractivity (Wildman–Crippen MR) is 84.6 cm³/mol. The van der Waals surface area contributed by atoms with Crippen LogP contribution in [0.3, 0.4) is 0 Å². The third-order valence-electron chi connectivity index (χ3n) is 3.61. The highest BCUT2D eigenvalue weighted by molar-refractivity contribution is 5.69. The van der Waals surface area contributed by atoms with E-state index >= 15 is 0 Å². The molecule has 1 aliphatic carbocycles. The molecule has 0 heterocycles. The molecule has 128 valence electrons. The van der Waals surface area contributed by atoms with E-state index in [1.54, 1.807) is 6.92 Å². The highest BCUT2D eigenvalue weighted by atomic mass is 16.6. The fourth-order valence-electron chi connectivity index (χ4n) is 2.67. The summed E-state index contributed by atoms with van der Waals surface area (Å²) in [5, 5.41) is 6.24. The second kappa shape index (κ2) is 8.98. The molecule has 0 aliphatic heterocycles. The van der Waals surface area contributed by atoms with Crippen LogP contribution in [0.4, 0.5) is 4.79 Å². The van der Waals surface area contributed by atoms with Crippen LogP contribution in [0.25, 0.3) is 0 Å². The Morgan fingerprint density at radius 2 is 1.95 bits per heavy atom. The summed E-state index contributed by atoms with van der Waals surface area (Å²) in [5.74, 6) is 0.214. The number of esters is 1. The first-order chi connectivity index (χ1) is 10.3. The normalized spacial score (nSPS) is 21.5. The van der Waals surface area contributed by atoms with E-state index in [0.717, 1.165) is 19.3 Å². The van der Waals surface area contributed by atoms with Crippen molar-refractivity contribution in [2.45, 2.75) is 65.0 Å². The van der Waals surface area contributed by atoms with Crippen LogP contribution in [0.2, 0.25) is 0 Å². The summed E-state index contributed by atoms with van der Waals surface area (Å²) in [5.41, 5.74) is -0.475. The minimum Gasteiger partial charge on any atom is -0.466 e. The minimum absolute atomic E-state index is 0.170. The number of amides is 1. The van der Waals surface area contributed by atoms with Gasteiger partial charge in [-0.05, 0) is 46.5 Å². The predicted octanol–water partition coefficient (Wildman–Crippen LogP) is 2.22. The Morgan fingerprint density at radius 1 is 1.23 bits per heavy atom. The standard InChI is InChI=1S/C16H30N2O4/c1-5-21-14(19)9-10-17-13-8-6-7-12(13)11-18-15(20)22-16(2,3)4/h12-13,17H,5-11H2,1-4H3,(H,18,20). The average molecular weight is 314 g/mol. The molecule has 6 heteroatoms. The van der Waals surface area contributed by atoms with E-state index in [-0.39, 0.29) is 12.1 Å². The molecule has 0 radical (unpaired) electrons. The lowest BCUT2D eigenvalue weighted by Crippen LogP contribution is -2.41. The van der Waals surface area contributed by atoms with E-state index < -0.39 is 5.60 Å². The van der Waals surface area contributed by atoms with Gasteiger partial charge in [-0.3, -0.25) is 4.79 Å². The van der Waals surface area contributed by atoms with Gasteiger partial charge in [-0.1, -0.05) is 6.42 Å². The molecule has 0 bridgehead atoms. The van der Waals surface area contributed by atoms with Gasteiger partial charge in [-0.25, -0.2) is 4.79 Å². The zero-order valence-corrected chi connectivity index (χ0v) is 14.2. The number of nitrogens with one attached hydrogen (secondary N) is 2. The van der Waals surface area contributed by atoms with Crippen LogP contribution < -0.4 is 10.6 Å². The quantitative estimate of drug-likeness (QED) is 0.705. The number of rotatable bonds is 7. The van der Waals surface area contributed by atoms with Crippen LogP contribution in [0.5, 0.6) is 0 Å². The molecule has 1 saturated carbocycles. The van der Waals surface area contributed by atoms with Gasteiger partial charge in [0.05, 0.1) is 13.0 Å². The Balaban J connectivity index is 2.25. The molecule has 1 amide bonds. The molecule has 1 rings (SSSR count). The number of carbonyl (C=O) groups is 2. The summed E-state index contributed by atoms with van der Waals surface area (Å²) >= 11 is 0. The van der Waals surface area contributed by atoms with Gasteiger partial charge >= 0.3 is 12.1 Å². The van der Waals surface area contributed by atoms with Gasteiger partial charge in [0.15, 0.2) is 0 Å². The van der Waals surface area contributed by atoms with Crippen LogP contribution in [0, 0.1) is 5.92 Å². The number of alkyl carbamates (subject to hydrolysis) is 1. The maximum absolute atomic E-state index is 11.7. The summed E-state index contributed by atoms with van der Waals surface area (Å²) in [6.07, 6.45) is 3.30.